The third kappa shape index (κ3) is 2.69. The van der Waals surface area contributed by atoms with E-state index in [9.17, 15) is 4.79 Å². The lowest BCUT2D eigenvalue weighted by Crippen LogP contribution is -2.45. The molecule has 1 fully saturated rings. The fourth-order valence-electron chi connectivity index (χ4n) is 1.97. The molecule has 76 valence electrons. The zero-order valence-corrected chi connectivity index (χ0v) is 8.62. The molecule has 1 rings (SSSR count). The van der Waals surface area contributed by atoms with Crippen LogP contribution in [0.2, 0.25) is 0 Å². The Morgan fingerprint density at radius 2 is 1.92 bits per heavy atom. The second kappa shape index (κ2) is 4.61. The smallest absolute Gasteiger partial charge is 0.239 e. The van der Waals surface area contributed by atoms with Crippen molar-refractivity contribution < 1.29 is 4.79 Å². The topological polar surface area (TPSA) is 46.3 Å². The maximum atomic E-state index is 11.5. The Morgan fingerprint density at radius 1 is 1.38 bits per heavy atom. The molecular formula is C10H20N2O. The van der Waals surface area contributed by atoms with Crippen molar-refractivity contribution in [1.29, 1.82) is 0 Å². The molecule has 13 heavy (non-hydrogen) atoms. The molecule has 0 spiro atoms. The Balaban J connectivity index is 2.45. The molecule has 0 radical (unpaired) electrons. The van der Waals surface area contributed by atoms with Crippen LogP contribution in [0.25, 0.3) is 0 Å². The molecule has 0 bridgehead atoms. The molecular weight excluding hydrogens is 164 g/mol. The molecule has 2 N–H and O–H groups in total. The van der Waals surface area contributed by atoms with Crippen molar-refractivity contribution in [3.8, 4) is 0 Å². The molecule has 0 aliphatic heterocycles. The highest BCUT2D eigenvalue weighted by atomic mass is 16.2. The first-order valence-corrected chi connectivity index (χ1v) is 5.15. The van der Waals surface area contributed by atoms with Gasteiger partial charge in [-0.15, -0.1) is 0 Å². The van der Waals surface area contributed by atoms with E-state index < -0.39 is 0 Å². The quantitative estimate of drug-likeness (QED) is 0.699. The fraction of sp³-hybridized carbons (Fsp3) is 0.900. The molecule has 0 aromatic carbocycles. The Bertz CT molecular complexity index is 174. The first-order valence-electron chi connectivity index (χ1n) is 5.15. The molecule has 3 nitrogen and oxygen atoms in total. The van der Waals surface area contributed by atoms with E-state index in [0.29, 0.717) is 6.04 Å². The number of hydrogen-bond donors (Lipinski definition) is 1. The van der Waals surface area contributed by atoms with E-state index in [0.717, 1.165) is 12.8 Å². The lowest BCUT2D eigenvalue weighted by molar-refractivity contribution is -0.133. The summed E-state index contributed by atoms with van der Waals surface area (Å²) >= 11 is 0. The van der Waals surface area contributed by atoms with Crippen molar-refractivity contribution >= 4 is 5.91 Å². The summed E-state index contributed by atoms with van der Waals surface area (Å²) in [7, 11) is 1.88. The number of nitrogens with zero attached hydrogens (tertiary/aromatic N) is 1. The first kappa shape index (κ1) is 10.5. The second-order valence-corrected chi connectivity index (χ2v) is 4.03. The summed E-state index contributed by atoms with van der Waals surface area (Å²) in [6.07, 6.45) is 6.11. The van der Waals surface area contributed by atoms with Crippen LogP contribution in [0.4, 0.5) is 0 Å². The van der Waals surface area contributed by atoms with E-state index in [1.807, 2.05) is 11.9 Å². The number of hydrogen-bond acceptors (Lipinski definition) is 2. The van der Waals surface area contributed by atoms with Crippen LogP contribution >= 0.6 is 0 Å². The van der Waals surface area contributed by atoms with Crippen molar-refractivity contribution in [2.75, 3.05) is 7.05 Å². The molecule has 1 amide bonds. The summed E-state index contributed by atoms with van der Waals surface area (Å²) in [4.78, 5) is 13.4. The highest BCUT2D eigenvalue weighted by Gasteiger charge is 2.23. The van der Waals surface area contributed by atoms with Crippen molar-refractivity contribution in [1.82, 2.24) is 4.90 Å². The van der Waals surface area contributed by atoms with Gasteiger partial charge in [0, 0.05) is 13.1 Å². The normalized spacial score (nSPS) is 21.2. The van der Waals surface area contributed by atoms with Crippen LogP contribution < -0.4 is 5.73 Å². The number of nitrogens with two attached hydrogens (primary N) is 1. The molecule has 0 aromatic rings. The molecule has 1 aliphatic carbocycles. The average molecular weight is 184 g/mol. The fourth-order valence-corrected chi connectivity index (χ4v) is 1.97. The minimum atomic E-state index is -0.355. The van der Waals surface area contributed by atoms with E-state index in [-0.39, 0.29) is 11.9 Å². The monoisotopic (exact) mass is 184 g/mol. The summed E-state index contributed by atoms with van der Waals surface area (Å²) in [5.74, 6) is 0.0758. The number of carbonyl (C=O) groups excluding carboxylic acids is 1. The highest BCUT2D eigenvalue weighted by molar-refractivity contribution is 5.81. The van der Waals surface area contributed by atoms with Gasteiger partial charge < -0.3 is 10.6 Å². The van der Waals surface area contributed by atoms with Gasteiger partial charge in [0.2, 0.25) is 5.91 Å². The van der Waals surface area contributed by atoms with Crippen molar-refractivity contribution in [3.63, 3.8) is 0 Å². The van der Waals surface area contributed by atoms with Gasteiger partial charge in [0.15, 0.2) is 0 Å². The van der Waals surface area contributed by atoms with Gasteiger partial charge in [-0.05, 0) is 19.8 Å². The highest BCUT2D eigenvalue weighted by Crippen LogP contribution is 2.21. The maximum Gasteiger partial charge on any atom is 0.239 e. The number of carbonyl (C=O) groups is 1. The molecule has 1 saturated carbocycles. The van der Waals surface area contributed by atoms with Crippen LogP contribution in [-0.2, 0) is 4.79 Å². The van der Waals surface area contributed by atoms with E-state index in [1.54, 1.807) is 6.92 Å². The summed E-state index contributed by atoms with van der Waals surface area (Å²) < 4.78 is 0. The summed E-state index contributed by atoms with van der Waals surface area (Å²) in [5, 5.41) is 0. The zero-order valence-electron chi connectivity index (χ0n) is 8.62. The van der Waals surface area contributed by atoms with Crippen LogP contribution in [0.5, 0.6) is 0 Å². The number of likely N-dealkylation sites (N-methyl/N-ethyl adjacent to an activating group) is 1. The Labute approximate surface area is 80.3 Å². The van der Waals surface area contributed by atoms with Gasteiger partial charge in [0.25, 0.3) is 0 Å². The average Bonchev–Trinajstić information content (AvgIpc) is 2.17. The standard InChI is InChI=1S/C10H20N2O/c1-8(11)10(13)12(2)9-6-4-3-5-7-9/h8-9H,3-7,11H2,1-2H3. The maximum absolute atomic E-state index is 11.5. The van der Waals surface area contributed by atoms with Gasteiger partial charge in [-0.2, -0.15) is 0 Å². The van der Waals surface area contributed by atoms with E-state index in [1.165, 1.54) is 19.3 Å². The van der Waals surface area contributed by atoms with Crippen LogP contribution in [-0.4, -0.2) is 29.9 Å². The van der Waals surface area contributed by atoms with Crippen molar-refractivity contribution in [3.05, 3.63) is 0 Å². The molecule has 1 atom stereocenters. The Kier molecular flexibility index (Phi) is 3.72. The third-order valence-electron chi connectivity index (χ3n) is 2.86. The molecule has 1 unspecified atom stereocenters. The summed E-state index contributed by atoms with van der Waals surface area (Å²) in [6, 6.07) is 0.0826. The second-order valence-electron chi connectivity index (χ2n) is 4.03. The van der Waals surface area contributed by atoms with Crippen LogP contribution in [0.3, 0.4) is 0 Å². The van der Waals surface area contributed by atoms with Crippen molar-refractivity contribution in [2.45, 2.75) is 51.1 Å². The first-order chi connectivity index (χ1) is 6.13. The zero-order chi connectivity index (χ0) is 9.84. The lowest BCUT2D eigenvalue weighted by atomic mass is 9.94. The van der Waals surface area contributed by atoms with Crippen LogP contribution in [0.15, 0.2) is 0 Å². The molecule has 0 aromatic heterocycles. The summed E-state index contributed by atoms with van der Waals surface area (Å²) in [6.45, 7) is 1.75. The van der Waals surface area contributed by atoms with Gasteiger partial charge in [-0.25, -0.2) is 0 Å². The van der Waals surface area contributed by atoms with Gasteiger partial charge in [-0.1, -0.05) is 19.3 Å². The molecule has 0 saturated heterocycles. The lowest BCUT2D eigenvalue weighted by Gasteiger charge is -2.32. The predicted octanol–water partition coefficient (Wildman–Crippen LogP) is 1.12. The van der Waals surface area contributed by atoms with Crippen LogP contribution in [0.1, 0.15) is 39.0 Å². The van der Waals surface area contributed by atoms with Crippen molar-refractivity contribution in [2.24, 2.45) is 5.73 Å². The van der Waals surface area contributed by atoms with Gasteiger partial charge in [0.05, 0.1) is 6.04 Å². The SMILES string of the molecule is CC(N)C(=O)N(C)C1CCCCC1. The van der Waals surface area contributed by atoms with Gasteiger partial charge in [0.1, 0.15) is 0 Å². The predicted molar refractivity (Wildman–Crippen MR) is 53.3 cm³/mol. The molecule has 0 heterocycles. The van der Waals surface area contributed by atoms with E-state index in [4.69, 9.17) is 5.73 Å². The number of rotatable bonds is 2. The third-order valence-corrected chi connectivity index (χ3v) is 2.86. The number of amides is 1. The minimum Gasteiger partial charge on any atom is -0.341 e. The van der Waals surface area contributed by atoms with Gasteiger partial charge in [-0.3, -0.25) is 4.79 Å². The van der Waals surface area contributed by atoms with E-state index in [2.05, 4.69) is 0 Å². The Hall–Kier alpha value is -0.570. The molecule has 1 aliphatic rings. The van der Waals surface area contributed by atoms with E-state index >= 15 is 0 Å². The summed E-state index contributed by atoms with van der Waals surface area (Å²) in [5.41, 5.74) is 5.55. The molecule has 3 heteroatoms. The minimum absolute atomic E-state index is 0.0758. The largest absolute Gasteiger partial charge is 0.341 e. The van der Waals surface area contributed by atoms with Gasteiger partial charge >= 0.3 is 0 Å². The Morgan fingerprint density at radius 3 is 2.38 bits per heavy atom. The van der Waals surface area contributed by atoms with Crippen LogP contribution in [0, 0.1) is 0 Å².